The first-order valence-electron chi connectivity index (χ1n) is 18.6. The van der Waals surface area contributed by atoms with Crippen molar-refractivity contribution >= 4 is 28.2 Å². The first kappa shape index (κ1) is 32.2. The van der Waals surface area contributed by atoms with Crippen LogP contribution in [0.3, 0.4) is 0 Å². The monoisotopic (exact) mass is 674 g/mol. The van der Waals surface area contributed by atoms with Gasteiger partial charge in [0.15, 0.2) is 5.60 Å². The van der Waals surface area contributed by atoms with Gasteiger partial charge in [-0.2, -0.15) is 0 Å². The van der Waals surface area contributed by atoms with E-state index in [1.807, 2.05) is 0 Å². The third-order valence-electron chi connectivity index (χ3n) is 12.7. The Bertz CT molecular complexity index is 2250. The molecule has 2 aliphatic carbocycles. The second kappa shape index (κ2) is 10.7. The van der Waals surface area contributed by atoms with Gasteiger partial charge in [0.25, 0.3) is 0 Å². The number of nitrogens with zero attached hydrogens (tertiary/aromatic N) is 2. The summed E-state index contributed by atoms with van der Waals surface area (Å²) < 4.78 is 13.4. The molecule has 5 aromatic carbocycles. The Balaban J connectivity index is 1.41. The fourth-order valence-corrected chi connectivity index (χ4v) is 11.0. The Kier molecular flexibility index (Phi) is 6.74. The second-order valence-corrected chi connectivity index (χ2v) is 17.5. The number of ether oxygens (including phenoxy) is 2. The molecule has 2 unspecified atom stereocenters. The van der Waals surface area contributed by atoms with E-state index in [1.165, 1.54) is 61.9 Å². The highest BCUT2D eigenvalue weighted by molar-refractivity contribution is 6.11. The molecule has 0 radical (unpaired) electrons. The summed E-state index contributed by atoms with van der Waals surface area (Å²) in [4.78, 5) is 4.81. The first-order valence-corrected chi connectivity index (χ1v) is 18.6. The molecule has 1 saturated carbocycles. The van der Waals surface area contributed by atoms with Crippen molar-refractivity contribution in [3.05, 3.63) is 124 Å². The summed E-state index contributed by atoms with van der Waals surface area (Å²) in [6.45, 7) is 14.4. The highest BCUT2D eigenvalue weighted by Gasteiger charge is 2.55. The highest BCUT2D eigenvalue weighted by atomic mass is 16.5. The first-order chi connectivity index (χ1) is 24.3. The molecular weight excluding hydrogens is 625 g/mol. The van der Waals surface area contributed by atoms with Gasteiger partial charge in [-0.3, -0.25) is 0 Å². The Morgan fingerprint density at radius 3 is 1.96 bits per heavy atom. The van der Waals surface area contributed by atoms with E-state index in [-0.39, 0.29) is 22.4 Å². The predicted molar refractivity (Wildman–Crippen MR) is 212 cm³/mol. The molecule has 1 fully saturated rings. The van der Waals surface area contributed by atoms with Crippen LogP contribution in [0.4, 0.5) is 11.4 Å². The SMILES string of the molecule is COc1ccc(C2(c3ccc(C)cc3)C=Cc3c4c(c5cc6c(cc5c3O2)N(C)C(C)N6C)-c2ccccc2C42CC(C)(C)CC(C)(C)C2)cc1. The van der Waals surface area contributed by atoms with E-state index in [0.29, 0.717) is 0 Å². The molecule has 4 heteroatoms. The summed E-state index contributed by atoms with van der Waals surface area (Å²) in [5.74, 6) is 1.81. The van der Waals surface area contributed by atoms with Crippen LogP contribution < -0.4 is 19.3 Å². The maximum absolute atomic E-state index is 7.77. The van der Waals surface area contributed by atoms with Gasteiger partial charge in [0, 0.05) is 41.6 Å². The number of rotatable bonds is 3. The van der Waals surface area contributed by atoms with Crippen molar-refractivity contribution < 1.29 is 9.47 Å². The molecule has 5 aromatic rings. The Hall–Kier alpha value is -4.70. The molecule has 260 valence electrons. The van der Waals surface area contributed by atoms with E-state index in [1.54, 1.807) is 7.11 Å². The zero-order valence-electron chi connectivity index (χ0n) is 31.6. The molecule has 2 aliphatic heterocycles. The van der Waals surface area contributed by atoms with Crippen LogP contribution in [0.15, 0.2) is 91.0 Å². The van der Waals surface area contributed by atoms with E-state index in [4.69, 9.17) is 9.47 Å². The van der Waals surface area contributed by atoms with E-state index in [0.717, 1.165) is 35.5 Å². The zero-order valence-corrected chi connectivity index (χ0v) is 31.6. The Labute approximate surface area is 303 Å². The van der Waals surface area contributed by atoms with Gasteiger partial charge in [-0.25, -0.2) is 0 Å². The smallest absolute Gasteiger partial charge is 0.178 e. The lowest BCUT2D eigenvalue weighted by molar-refractivity contribution is 0.0642. The second-order valence-electron chi connectivity index (χ2n) is 17.5. The summed E-state index contributed by atoms with van der Waals surface area (Å²) >= 11 is 0. The fourth-order valence-electron chi connectivity index (χ4n) is 11.0. The van der Waals surface area contributed by atoms with E-state index >= 15 is 0 Å². The maximum Gasteiger partial charge on any atom is 0.178 e. The van der Waals surface area contributed by atoms with Gasteiger partial charge in [-0.1, -0.05) is 100.0 Å². The van der Waals surface area contributed by atoms with Gasteiger partial charge < -0.3 is 19.3 Å². The normalized spacial score (nSPS) is 23.1. The predicted octanol–water partition coefficient (Wildman–Crippen LogP) is 11.2. The lowest BCUT2D eigenvalue weighted by atomic mass is 9.52. The van der Waals surface area contributed by atoms with Crippen molar-refractivity contribution in [3.8, 4) is 22.6 Å². The molecule has 51 heavy (non-hydrogen) atoms. The number of benzene rings is 5. The standard InChI is InChI=1S/C47H50N2O2/c1-29-14-16-31(17-15-29)47(32-18-20-33(50-9)21-19-32)23-22-35-42-41(36-24-39-40(25-37(36)43(35)51-47)49(8)30(2)48(39)7)34-12-10-11-13-38(34)46(42)27-44(3,4)26-45(5,6)28-46/h10-25,30H,26-28H2,1-9H3. The number of hydrogen-bond donors (Lipinski definition) is 0. The summed E-state index contributed by atoms with van der Waals surface area (Å²) in [6, 6.07) is 31.5. The minimum Gasteiger partial charge on any atom is -0.497 e. The lowest BCUT2D eigenvalue weighted by Crippen LogP contribution is -2.44. The number of anilines is 2. The summed E-state index contributed by atoms with van der Waals surface area (Å²) in [5.41, 5.74) is 12.3. The quantitative estimate of drug-likeness (QED) is 0.190. The number of methoxy groups -OCH3 is 1. The van der Waals surface area contributed by atoms with Gasteiger partial charge in [-0.05, 0) is 102 Å². The zero-order chi connectivity index (χ0) is 35.7. The van der Waals surface area contributed by atoms with Crippen LogP contribution in [0, 0.1) is 17.8 Å². The van der Waals surface area contributed by atoms with Crippen molar-refractivity contribution in [2.75, 3.05) is 31.0 Å². The van der Waals surface area contributed by atoms with E-state index < -0.39 is 5.60 Å². The summed E-state index contributed by atoms with van der Waals surface area (Å²) in [6.07, 6.45) is 8.43. The largest absolute Gasteiger partial charge is 0.497 e. The molecule has 2 atom stereocenters. The molecule has 2 heterocycles. The van der Waals surface area contributed by atoms with Gasteiger partial charge in [0.05, 0.1) is 24.7 Å². The van der Waals surface area contributed by atoms with Crippen LogP contribution in [-0.4, -0.2) is 27.4 Å². The van der Waals surface area contributed by atoms with Gasteiger partial charge >= 0.3 is 0 Å². The molecule has 4 nitrogen and oxygen atoms in total. The van der Waals surface area contributed by atoms with Crippen LogP contribution >= 0.6 is 0 Å². The molecule has 0 bridgehead atoms. The van der Waals surface area contributed by atoms with Crippen molar-refractivity contribution in [1.29, 1.82) is 0 Å². The van der Waals surface area contributed by atoms with Crippen LogP contribution in [0.5, 0.6) is 11.5 Å². The summed E-state index contributed by atoms with van der Waals surface area (Å²) in [7, 11) is 6.16. The third kappa shape index (κ3) is 4.51. The van der Waals surface area contributed by atoms with Gasteiger partial charge in [0.1, 0.15) is 11.5 Å². The van der Waals surface area contributed by atoms with Crippen molar-refractivity contribution in [1.82, 2.24) is 0 Å². The molecule has 0 amide bonds. The molecule has 0 N–H and O–H groups in total. The minimum atomic E-state index is -0.827. The Morgan fingerprint density at radius 2 is 1.33 bits per heavy atom. The Morgan fingerprint density at radius 1 is 0.745 bits per heavy atom. The topological polar surface area (TPSA) is 24.9 Å². The van der Waals surface area contributed by atoms with Crippen LogP contribution in [0.2, 0.25) is 0 Å². The maximum atomic E-state index is 7.77. The number of aryl methyl sites for hydroxylation is 1. The lowest BCUT2D eigenvalue weighted by Gasteiger charge is -2.52. The highest BCUT2D eigenvalue weighted by Crippen LogP contribution is 2.67. The van der Waals surface area contributed by atoms with Gasteiger partial charge in [-0.15, -0.1) is 0 Å². The average molecular weight is 675 g/mol. The molecule has 0 saturated heterocycles. The number of hydrogen-bond acceptors (Lipinski definition) is 4. The minimum absolute atomic E-state index is 0.137. The summed E-state index contributed by atoms with van der Waals surface area (Å²) in [5, 5.41) is 2.46. The fraction of sp³-hybridized carbons (Fsp3) is 0.362. The van der Waals surface area contributed by atoms with Crippen LogP contribution in [0.25, 0.3) is 28.0 Å². The van der Waals surface area contributed by atoms with Crippen LogP contribution in [-0.2, 0) is 11.0 Å². The molecular formula is C47H50N2O2. The van der Waals surface area contributed by atoms with Crippen molar-refractivity contribution in [3.63, 3.8) is 0 Å². The van der Waals surface area contributed by atoms with Crippen molar-refractivity contribution in [2.24, 2.45) is 10.8 Å². The molecule has 1 spiro atoms. The molecule has 4 aliphatic rings. The van der Waals surface area contributed by atoms with E-state index in [9.17, 15) is 0 Å². The van der Waals surface area contributed by atoms with Crippen molar-refractivity contribution in [2.45, 2.75) is 78.0 Å². The van der Waals surface area contributed by atoms with Gasteiger partial charge in [0.2, 0.25) is 0 Å². The third-order valence-corrected chi connectivity index (χ3v) is 12.7. The number of fused-ring (bicyclic) bond motifs is 11. The molecule has 9 rings (SSSR count). The molecule has 0 aromatic heterocycles. The van der Waals surface area contributed by atoms with Crippen LogP contribution in [0.1, 0.15) is 87.3 Å². The average Bonchev–Trinajstić information content (AvgIpc) is 3.48. The van der Waals surface area contributed by atoms with E-state index in [2.05, 4.69) is 163 Å².